The molecule has 1 unspecified atom stereocenters. The lowest BCUT2D eigenvalue weighted by Gasteiger charge is -2.10. The van der Waals surface area contributed by atoms with E-state index in [4.69, 9.17) is 5.11 Å². The molecule has 2 aromatic carbocycles. The molecule has 0 aliphatic rings. The Hall–Kier alpha value is -1.87. The minimum atomic E-state index is -0.764. The molecule has 1 atom stereocenters. The van der Waals surface area contributed by atoms with E-state index >= 15 is 0 Å². The van der Waals surface area contributed by atoms with Gasteiger partial charge in [0.2, 0.25) is 0 Å². The van der Waals surface area contributed by atoms with Crippen molar-refractivity contribution in [2.75, 3.05) is 6.54 Å². The third-order valence-corrected chi connectivity index (χ3v) is 3.07. The zero-order valence-electron chi connectivity index (χ0n) is 10.4. The Morgan fingerprint density at radius 3 is 2.72 bits per heavy atom. The smallest absolute Gasteiger partial charge is 0.307 e. The van der Waals surface area contributed by atoms with E-state index in [0.29, 0.717) is 13.1 Å². The second kappa shape index (κ2) is 5.65. The Balaban J connectivity index is 2.06. The molecule has 0 aliphatic heterocycles. The van der Waals surface area contributed by atoms with E-state index in [1.165, 1.54) is 16.3 Å². The summed E-state index contributed by atoms with van der Waals surface area (Å²) in [4.78, 5) is 10.7. The van der Waals surface area contributed by atoms with Gasteiger partial charge in [-0.1, -0.05) is 49.4 Å². The van der Waals surface area contributed by atoms with E-state index in [-0.39, 0.29) is 5.92 Å². The van der Waals surface area contributed by atoms with Crippen molar-refractivity contribution in [2.24, 2.45) is 5.92 Å². The van der Waals surface area contributed by atoms with Crippen LogP contribution in [0.3, 0.4) is 0 Å². The SMILES string of the molecule is CC(CNCc1cccc2ccccc12)C(=O)O. The van der Waals surface area contributed by atoms with E-state index in [9.17, 15) is 4.79 Å². The average molecular weight is 243 g/mol. The van der Waals surface area contributed by atoms with E-state index in [2.05, 4.69) is 29.6 Å². The van der Waals surface area contributed by atoms with Crippen LogP contribution in [0.4, 0.5) is 0 Å². The van der Waals surface area contributed by atoms with Gasteiger partial charge in [-0.2, -0.15) is 0 Å². The standard InChI is InChI=1S/C15H17NO2/c1-11(15(17)18)9-16-10-13-7-4-6-12-5-2-3-8-14(12)13/h2-8,11,16H,9-10H2,1H3,(H,17,18). The summed E-state index contributed by atoms with van der Waals surface area (Å²) in [7, 11) is 0. The first-order valence-electron chi connectivity index (χ1n) is 6.08. The molecule has 18 heavy (non-hydrogen) atoms. The van der Waals surface area contributed by atoms with E-state index in [1.807, 2.05) is 18.2 Å². The van der Waals surface area contributed by atoms with Crippen LogP contribution in [0.1, 0.15) is 12.5 Å². The summed E-state index contributed by atoms with van der Waals surface area (Å²) >= 11 is 0. The van der Waals surface area contributed by atoms with Gasteiger partial charge in [-0.15, -0.1) is 0 Å². The Morgan fingerprint density at radius 1 is 1.22 bits per heavy atom. The Labute approximate surface area is 106 Å². The van der Waals surface area contributed by atoms with Crippen molar-refractivity contribution in [3.63, 3.8) is 0 Å². The van der Waals surface area contributed by atoms with Gasteiger partial charge in [-0.3, -0.25) is 4.79 Å². The molecule has 0 saturated carbocycles. The van der Waals surface area contributed by atoms with Gasteiger partial charge in [-0.25, -0.2) is 0 Å². The fourth-order valence-corrected chi connectivity index (χ4v) is 1.96. The van der Waals surface area contributed by atoms with Gasteiger partial charge in [0, 0.05) is 13.1 Å². The van der Waals surface area contributed by atoms with Gasteiger partial charge < -0.3 is 10.4 Å². The van der Waals surface area contributed by atoms with E-state index in [1.54, 1.807) is 6.92 Å². The van der Waals surface area contributed by atoms with Crippen molar-refractivity contribution in [1.29, 1.82) is 0 Å². The number of fused-ring (bicyclic) bond motifs is 1. The Kier molecular flexibility index (Phi) is 3.95. The first-order chi connectivity index (χ1) is 8.68. The summed E-state index contributed by atoms with van der Waals surface area (Å²) in [5, 5.41) is 14.4. The number of hydrogen-bond donors (Lipinski definition) is 2. The van der Waals surface area contributed by atoms with E-state index < -0.39 is 5.97 Å². The van der Waals surface area contributed by atoms with Gasteiger partial charge in [0.1, 0.15) is 0 Å². The molecule has 0 saturated heterocycles. The van der Waals surface area contributed by atoms with Gasteiger partial charge in [0.25, 0.3) is 0 Å². The minimum Gasteiger partial charge on any atom is -0.481 e. The maximum Gasteiger partial charge on any atom is 0.307 e. The summed E-state index contributed by atoms with van der Waals surface area (Å²) in [5.74, 6) is -1.12. The Bertz CT molecular complexity index is 546. The lowest BCUT2D eigenvalue weighted by molar-refractivity contribution is -0.140. The maximum atomic E-state index is 10.7. The first kappa shape index (κ1) is 12.6. The number of carboxylic acids is 1. The number of carboxylic acid groups (broad SMARTS) is 1. The summed E-state index contributed by atoms with van der Waals surface area (Å²) in [6.45, 7) is 2.88. The predicted octanol–water partition coefficient (Wildman–Crippen LogP) is 2.65. The quantitative estimate of drug-likeness (QED) is 0.848. The first-order valence-corrected chi connectivity index (χ1v) is 6.08. The highest BCUT2D eigenvalue weighted by atomic mass is 16.4. The molecule has 2 aromatic rings. The van der Waals surface area contributed by atoms with Crippen LogP contribution in [0, 0.1) is 5.92 Å². The fourth-order valence-electron chi connectivity index (χ4n) is 1.96. The number of benzene rings is 2. The summed E-state index contributed by atoms with van der Waals surface area (Å²) in [6, 6.07) is 14.4. The molecule has 0 radical (unpaired) electrons. The predicted molar refractivity (Wildman–Crippen MR) is 72.5 cm³/mol. The molecule has 0 fully saturated rings. The zero-order chi connectivity index (χ0) is 13.0. The highest BCUT2D eigenvalue weighted by Crippen LogP contribution is 2.18. The molecule has 2 N–H and O–H groups in total. The van der Waals surface area contributed by atoms with Crippen LogP contribution in [-0.4, -0.2) is 17.6 Å². The normalized spacial score (nSPS) is 12.5. The van der Waals surface area contributed by atoms with Crippen LogP contribution in [0.5, 0.6) is 0 Å². The molecule has 2 rings (SSSR count). The molecule has 3 nitrogen and oxygen atoms in total. The molecule has 0 spiro atoms. The molecule has 0 amide bonds. The van der Waals surface area contributed by atoms with Crippen LogP contribution in [0.2, 0.25) is 0 Å². The highest BCUT2D eigenvalue weighted by molar-refractivity contribution is 5.85. The number of hydrogen-bond acceptors (Lipinski definition) is 2. The van der Waals surface area contributed by atoms with Gasteiger partial charge >= 0.3 is 5.97 Å². The van der Waals surface area contributed by atoms with Gasteiger partial charge in [0.15, 0.2) is 0 Å². The van der Waals surface area contributed by atoms with Crippen molar-refractivity contribution >= 4 is 16.7 Å². The van der Waals surface area contributed by atoms with Crippen molar-refractivity contribution in [3.8, 4) is 0 Å². The summed E-state index contributed by atoms with van der Waals surface area (Å²) in [5.41, 5.74) is 1.20. The van der Waals surface area contributed by atoms with Crippen molar-refractivity contribution < 1.29 is 9.90 Å². The molecule has 0 aromatic heterocycles. The van der Waals surface area contributed by atoms with Crippen LogP contribution in [-0.2, 0) is 11.3 Å². The van der Waals surface area contributed by atoms with Crippen molar-refractivity contribution in [3.05, 3.63) is 48.0 Å². The number of rotatable bonds is 5. The van der Waals surface area contributed by atoms with Crippen molar-refractivity contribution in [1.82, 2.24) is 5.32 Å². The molecule has 0 aliphatic carbocycles. The minimum absolute atomic E-state index is 0.361. The molecule has 3 heteroatoms. The summed E-state index contributed by atoms with van der Waals surface area (Å²) < 4.78 is 0. The lowest BCUT2D eigenvalue weighted by Crippen LogP contribution is -2.25. The molecular formula is C15H17NO2. The maximum absolute atomic E-state index is 10.7. The largest absolute Gasteiger partial charge is 0.481 e. The highest BCUT2D eigenvalue weighted by Gasteiger charge is 2.09. The monoisotopic (exact) mass is 243 g/mol. The summed E-state index contributed by atoms with van der Waals surface area (Å²) in [6.07, 6.45) is 0. The second-order valence-electron chi connectivity index (χ2n) is 4.51. The van der Waals surface area contributed by atoms with Crippen LogP contribution >= 0.6 is 0 Å². The zero-order valence-corrected chi connectivity index (χ0v) is 10.4. The molecular weight excluding hydrogens is 226 g/mol. The number of carbonyl (C=O) groups is 1. The van der Waals surface area contributed by atoms with Crippen LogP contribution in [0.25, 0.3) is 10.8 Å². The van der Waals surface area contributed by atoms with Crippen LogP contribution < -0.4 is 5.32 Å². The topological polar surface area (TPSA) is 49.3 Å². The lowest BCUT2D eigenvalue weighted by atomic mass is 10.0. The number of aliphatic carboxylic acids is 1. The third-order valence-electron chi connectivity index (χ3n) is 3.07. The van der Waals surface area contributed by atoms with Crippen LogP contribution in [0.15, 0.2) is 42.5 Å². The molecule has 0 heterocycles. The molecule has 0 bridgehead atoms. The van der Waals surface area contributed by atoms with Gasteiger partial charge in [-0.05, 0) is 16.3 Å². The second-order valence-corrected chi connectivity index (χ2v) is 4.51. The average Bonchev–Trinajstić information content (AvgIpc) is 2.38. The Morgan fingerprint density at radius 2 is 1.94 bits per heavy atom. The molecule has 94 valence electrons. The van der Waals surface area contributed by atoms with Gasteiger partial charge in [0.05, 0.1) is 5.92 Å². The van der Waals surface area contributed by atoms with E-state index in [0.717, 1.165) is 0 Å². The fraction of sp³-hybridized carbons (Fsp3) is 0.267. The number of nitrogens with one attached hydrogen (secondary N) is 1. The van der Waals surface area contributed by atoms with Crippen molar-refractivity contribution in [2.45, 2.75) is 13.5 Å². The third kappa shape index (κ3) is 2.87.